The van der Waals surface area contributed by atoms with Crippen LogP contribution in [0.25, 0.3) is 0 Å². The zero-order valence-electron chi connectivity index (χ0n) is 10.6. The van der Waals surface area contributed by atoms with Crippen molar-refractivity contribution in [3.8, 4) is 5.75 Å². The summed E-state index contributed by atoms with van der Waals surface area (Å²) in [5.74, 6) is 0.548. The fraction of sp³-hybridized carbons (Fsp3) is 0.538. The zero-order chi connectivity index (χ0) is 13.8. The molecule has 1 aromatic carbocycles. The second kappa shape index (κ2) is 6.09. The van der Waals surface area contributed by atoms with Crippen molar-refractivity contribution in [2.75, 3.05) is 7.11 Å². The third kappa shape index (κ3) is 4.96. The van der Waals surface area contributed by atoms with Crippen LogP contribution in [0.3, 0.4) is 0 Å². The van der Waals surface area contributed by atoms with E-state index >= 15 is 0 Å². The Kier molecular flexibility index (Phi) is 5.02. The van der Waals surface area contributed by atoms with E-state index < -0.39 is 18.7 Å². The molecular formula is C13H17F3O2. The minimum atomic E-state index is -4.25. The van der Waals surface area contributed by atoms with E-state index in [0.717, 1.165) is 0 Å². The van der Waals surface area contributed by atoms with Crippen molar-refractivity contribution in [2.24, 2.45) is 0 Å². The molecule has 0 N–H and O–H groups in total. The van der Waals surface area contributed by atoms with E-state index in [1.165, 1.54) is 7.11 Å². The van der Waals surface area contributed by atoms with E-state index in [2.05, 4.69) is 0 Å². The molecule has 0 aliphatic heterocycles. The maximum atomic E-state index is 12.4. The Hall–Kier alpha value is -1.23. The Bertz CT molecular complexity index is 375. The highest BCUT2D eigenvalue weighted by Crippen LogP contribution is 2.32. The van der Waals surface area contributed by atoms with E-state index in [1.807, 2.05) is 13.8 Å². The van der Waals surface area contributed by atoms with Crippen molar-refractivity contribution in [1.82, 2.24) is 0 Å². The molecule has 0 heterocycles. The molecule has 0 saturated heterocycles. The van der Waals surface area contributed by atoms with Gasteiger partial charge >= 0.3 is 6.18 Å². The summed E-state index contributed by atoms with van der Waals surface area (Å²) in [4.78, 5) is 0. The first kappa shape index (κ1) is 14.8. The second-order valence-corrected chi connectivity index (χ2v) is 4.28. The number of hydrogen-bond acceptors (Lipinski definition) is 2. The molecule has 1 unspecified atom stereocenters. The molecule has 1 atom stereocenters. The van der Waals surface area contributed by atoms with E-state index in [1.54, 1.807) is 24.3 Å². The van der Waals surface area contributed by atoms with Crippen LogP contribution in [0.5, 0.6) is 5.75 Å². The SMILES string of the molecule is COC(CC(F)(F)F)c1cccc(OC(C)C)c1. The van der Waals surface area contributed by atoms with E-state index in [4.69, 9.17) is 9.47 Å². The first-order chi connectivity index (χ1) is 8.31. The average Bonchev–Trinajstić information content (AvgIpc) is 2.24. The smallest absolute Gasteiger partial charge is 0.391 e. The minimum absolute atomic E-state index is 0.0242. The van der Waals surface area contributed by atoms with E-state index in [-0.39, 0.29) is 6.10 Å². The summed E-state index contributed by atoms with van der Waals surface area (Å²) in [7, 11) is 1.27. The molecule has 0 aromatic heterocycles. The van der Waals surface area contributed by atoms with Crippen LogP contribution in [0.2, 0.25) is 0 Å². The number of benzene rings is 1. The molecule has 18 heavy (non-hydrogen) atoms. The first-order valence-corrected chi connectivity index (χ1v) is 5.68. The lowest BCUT2D eigenvalue weighted by Gasteiger charge is -2.19. The summed E-state index contributed by atoms with van der Waals surface area (Å²) >= 11 is 0. The van der Waals surface area contributed by atoms with Gasteiger partial charge in [0.15, 0.2) is 0 Å². The quantitative estimate of drug-likeness (QED) is 0.795. The number of hydrogen-bond donors (Lipinski definition) is 0. The molecular weight excluding hydrogens is 245 g/mol. The Morgan fingerprint density at radius 3 is 2.39 bits per heavy atom. The second-order valence-electron chi connectivity index (χ2n) is 4.28. The highest BCUT2D eigenvalue weighted by molar-refractivity contribution is 5.30. The van der Waals surface area contributed by atoms with Crippen LogP contribution in [-0.2, 0) is 4.74 Å². The lowest BCUT2D eigenvalue weighted by atomic mass is 10.1. The summed E-state index contributed by atoms with van der Waals surface area (Å²) in [6.07, 6.45) is -6.28. The molecule has 0 amide bonds. The molecule has 0 aliphatic carbocycles. The lowest BCUT2D eigenvalue weighted by Crippen LogP contribution is -2.15. The molecule has 102 valence electrons. The topological polar surface area (TPSA) is 18.5 Å². The van der Waals surface area contributed by atoms with Gasteiger partial charge in [0.05, 0.1) is 18.6 Å². The lowest BCUT2D eigenvalue weighted by molar-refractivity contribution is -0.158. The van der Waals surface area contributed by atoms with Crippen LogP contribution < -0.4 is 4.74 Å². The van der Waals surface area contributed by atoms with Crippen molar-refractivity contribution in [1.29, 1.82) is 0 Å². The van der Waals surface area contributed by atoms with Crippen LogP contribution in [0.4, 0.5) is 13.2 Å². The molecule has 0 fully saturated rings. The molecule has 0 spiro atoms. The van der Waals surface area contributed by atoms with Crippen molar-refractivity contribution in [3.63, 3.8) is 0 Å². The summed E-state index contributed by atoms with van der Waals surface area (Å²) < 4.78 is 47.5. The highest BCUT2D eigenvalue weighted by Gasteiger charge is 2.32. The van der Waals surface area contributed by atoms with Gasteiger partial charge in [-0.2, -0.15) is 13.2 Å². The fourth-order valence-electron chi connectivity index (χ4n) is 1.61. The molecule has 1 rings (SSSR count). The van der Waals surface area contributed by atoms with Gasteiger partial charge in [0, 0.05) is 7.11 Å². The number of halogens is 3. The van der Waals surface area contributed by atoms with Gasteiger partial charge in [-0.05, 0) is 31.5 Å². The van der Waals surface area contributed by atoms with E-state index in [0.29, 0.717) is 11.3 Å². The number of methoxy groups -OCH3 is 1. The summed E-state index contributed by atoms with van der Waals surface area (Å²) in [6.45, 7) is 3.71. The van der Waals surface area contributed by atoms with Gasteiger partial charge in [0.25, 0.3) is 0 Å². The molecule has 0 bridgehead atoms. The predicted molar refractivity (Wildman–Crippen MR) is 62.6 cm³/mol. The van der Waals surface area contributed by atoms with Gasteiger partial charge in [-0.1, -0.05) is 12.1 Å². The van der Waals surface area contributed by atoms with Gasteiger partial charge in [0.2, 0.25) is 0 Å². The monoisotopic (exact) mass is 262 g/mol. The van der Waals surface area contributed by atoms with Crippen LogP contribution in [0.15, 0.2) is 24.3 Å². The summed E-state index contributed by atoms with van der Waals surface area (Å²) in [6, 6.07) is 6.56. The van der Waals surface area contributed by atoms with Crippen molar-refractivity contribution >= 4 is 0 Å². The third-order valence-corrected chi connectivity index (χ3v) is 2.30. The number of alkyl halides is 3. The van der Waals surface area contributed by atoms with Crippen LogP contribution >= 0.6 is 0 Å². The van der Waals surface area contributed by atoms with Crippen molar-refractivity contribution in [3.05, 3.63) is 29.8 Å². The van der Waals surface area contributed by atoms with Crippen LogP contribution in [0.1, 0.15) is 31.9 Å². The number of rotatable bonds is 5. The molecule has 0 radical (unpaired) electrons. The highest BCUT2D eigenvalue weighted by atomic mass is 19.4. The Balaban J connectivity index is 2.86. The molecule has 0 aliphatic rings. The fourth-order valence-corrected chi connectivity index (χ4v) is 1.61. The van der Waals surface area contributed by atoms with Crippen molar-refractivity contribution in [2.45, 2.75) is 38.7 Å². The molecule has 5 heteroatoms. The molecule has 1 aromatic rings. The van der Waals surface area contributed by atoms with Crippen LogP contribution in [-0.4, -0.2) is 19.4 Å². The largest absolute Gasteiger partial charge is 0.491 e. The summed E-state index contributed by atoms with van der Waals surface area (Å²) in [5.41, 5.74) is 0.466. The Morgan fingerprint density at radius 1 is 1.22 bits per heavy atom. The maximum absolute atomic E-state index is 12.4. The van der Waals surface area contributed by atoms with Gasteiger partial charge in [-0.25, -0.2) is 0 Å². The standard InChI is InChI=1S/C13H17F3O2/c1-9(2)18-11-6-4-5-10(7-11)12(17-3)8-13(14,15)16/h4-7,9,12H,8H2,1-3H3. The van der Waals surface area contributed by atoms with Crippen molar-refractivity contribution < 1.29 is 22.6 Å². The average molecular weight is 262 g/mol. The Morgan fingerprint density at radius 2 is 1.89 bits per heavy atom. The first-order valence-electron chi connectivity index (χ1n) is 5.68. The molecule has 2 nitrogen and oxygen atoms in total. The summed E-state index contributed by atoms with van der Waals surface area (Å²) in [5, 5.41) is 0. The predicted octanol–water partition coefficient (Wildman–Crippen LogP) is 4.11. The minimum Gasteiger partial charge on any atom is -0.491 e. The van der Waals surface area contributed by atoms with Gasteiger partial charge in [0.1, 0.15) is 5.75 Å². The zero-order valence-corrected chi connectivity index (χ0v) is 10.6. The Labute approximate surface area is 105 Å². The van der Waals surface area contributed by atoms with Crippen LogP contribution in [0, 0.1) is 0 Å². The van der Waals surface area contributed by atoms with Gasteiger partial charge < -0.3 is 9.47 Å². The molecule has 0 saturated carbocycles. The van der Waals surface area contributed by atoms with E-state index in [9.17, 15) is 13.2 Å². The normalized spacial score (nSPS) is 13.7. The van der Waals surface area contributed by atoms with Gasteiger partial charge in [-0.15, -0.1) is 0 Å². The third-order valence-electron chi connectivity index (χ3n) is 2.30. The maximum Gasteiger partial charge on any atom is 0.391 e. The number of ether oxygens (including phenoxy) is 2. The van der Waals surface area contributed by atoms with Gasteiger partial charge in [-0.3, -0.25) is 0 Å².